The number of hydrogen-bond donors (Lipinski definition) is 0. The molecule has 1 heterocycles. The minimum atomic E-state index is -0.369. The Morgan fingerprint density at radius 3 is 2.68 bits per heavy atom. The van der Waals surface area contributed by atoms with Crippen molar-refractivity contribution in [2.45, 2.75) is 13.0 Å². The first kappa shape index (κ1) is 13.7. The highest BCUT2D eigenvalue weighted by atomic mass is 79.9. The van der Waals surface area contributed by atoms with E-state index in [9.17, 15) is 9.59 Å². The average Bonchev–Trinajstić information content (AvgIpc) is 2.42. The van der Waals surface area contributed by atoms with E-state index < -0.39 is 0 Å². The van der Waals surface area contributed by atoms with Crippen LogP contribution in [0.15, 0.2) is 35.4 Å². The van der Waals surface area contributed by atoms with Gasteiger partial charge in [0.15, 0.2) is 0 Å². The molecular weight excluding hydrogens is 312 g/mol. The lowest BCUT2D eigenvalue weighted by molar-refractivity contribution is -0.135. The van der Waals surface area contributed by atoms with Crippen LogP contribution >= 0.6 is 15.9 Å². The van der Waals surface area contributed by atoms with Gasteiger partial charge in [0.2, 0.25) is 5.78 Å². The maximum Gasteiger partial charge on any atom is 0.276 e. The molecule has 0 aliphatic carbocycles. The van der Waals surface area contributed by atoms with Crippen molar-refractivity contribution in [1.29, 1.82) is 0 Å². The largest absolute Gasteiger partial charge is 0.469 e. The van der Waals surface area contributed by atoms with E-state index in [0.717, 1.165) is 5.56 Å². The maximum absolute atomic E-state index is 11.7. The molecule has 0 unspecified atom stereocenters. The van der Waals surface area contributed by atoms with E-state index >= 15 is 0 Å². The number of alkyl halides is 1. The van der Waals surface area contributed by atoms with Crippen LogP contribution in [0.5, 0.6) is 0 Å². The van der Waals surface area contributed by atoms with Crippen molar-refractivity contribution in [2.75, 3.05) is 11.9 Å². The molecule has 1 amide bonds. The van der Waals surface area contributed by atoms with Gasteiger partial charge in [0.05, 0.1) is 13.0 Å². The number of halogens is 1. The summed E-state index contributed by atoms with van der Waals surface area (Å²) in [7, 11) is 0. The highest BCUT2D eigenvalue weighted by Crippen LogP contribution is 2.10. The SMILES string of the molecule is O=C1CC(=O)N(CCBr)N=C1OCc1ccccc1. The lowest BCUT2D eigenvalue weighted by atomic mass is 10.2. The van der Waals surface area contributed by atoms with Crippen molar-refractivity contribution in [2.24, 2.45) is 5.10 Å². The Kier molecular flexibility index (Phi) is 4.68. The van der Waals surface area contributed by atoms with Gasteiger partial charge in [0.25, 0.3) is 11.8 Å². The highest BCUT2D eigenvalue weighted by Gasteiger charge is 2.28. The molecule has 1 aromatic rings. The lowest BCUT2D eigenvalue weighted by Crippen LogP contribution is -2.38. The Bertz CT molecular complexity index is 502. The number of ketones is 1. The summed E-state index contributed by atoms with van der Waals surface area (Å²) in [5.41, 5.74) is 0.946. The van der Waals surface area contributed by atoms with Crippen molar-refractivity contribution in [3.8, 4) is 0 Å². The Labute approximate surface area is 119 Å². The van der Waals surface area contributed by atoms with Gasteiger partial charge >= 0.3 is 0 Å². The molecule has 0 bridgehead atoms. The van der Waals surface area contributed by atoms with Crippen molar-refractivity contribution in [3.05, 3.63) is 35.9 Å². The Balaban J connectivity index is 2.03. The van der Waals surface area contributed by atoms with Gasteiger partial charge in [-0.05, 0) is 5.56 Å². The monoisotopic (exact) mass is 324 g/mol. The minimum absolute atomic E-state index is 0.00408. The summed E-state index contributed by atoms with van der Waals surface area (Å²) in [5, 5.41) is 5.81. The zero-order valence-corrected chi connectivity index (χ0v) is 11.8. The third-order valence-corrected chi connectivity index (χ3v) is 2.92. The van der Waals surface area contributed by atoms with Gasteiger partial charge in [-0.15, -0.1) is 5.10 Å². The molecule has 2 rings (SSSR count). The third kappa shape index (κ3) is 3.64. The quantitative estimate of drug-likeness (QED) is 0.625. The molecule has 0 spiro atoms. The number of hydrogen-bond acceptors (Lipinski definition) is 4. The predicted octanol–water partition coefficient (Wildman–Crippen LogP) is 1.71. The summed E-state index contributed by atoms with van der Waals surface area (Å²) < 4.78 is 5.40. The van der Waals surface area contributed by atoms with Crippen molar-refractivity contribution < 1.29 is 14.3 Å². The number of Topliss-reactive ketones (excluding diaryl/α,β-unsaturated/α-hetero) is 1. The topological polar surface area (TPSA) is 59.0 Å². The van der Waals surface area contributed by atoms with E-state index in [-0.39, 0.29) is 30.6 Å². The second kappa shape index (κ2) is 6.47. The van der Waals surface area contributed by atoms with Gasteiger partial charge < -0.3 is 4.74 Å². The third-order valence-electron chi connectivity index (χ3n) is 2.56. The van der Waals surface area contributed by atoms with Gasteiger partial charge in [0.1, 0.15) is 6.61 Å². The Morgan fingerprint density at radius 1 is 1.26 bits per heavy atom. The van der Waals surface area contributed by atoms with Crippen LogP contribution in [0.1, 0.15) is 12.0 Å². The molecule has 1 aliphatic rings. The summed E-state index contributed by atoms with van der Waals surface area (Å²) in [6.07, 6.45) is -0.180. The Morgan fingerprint density at radius 2 is 2.00 bits per heavy atom. The summed E-state index contributed by atoms with van der Waals surface area (Å²) >= 11 is 3.23. The molecule has 6 heteroatoms. The first-order valence-corrected chi connectivity index (χ1v) is 6.97. The molecule has 1 aromatic carbocycles. The number of amides is 1. The van der Waals surface area contributed by atoms with Gasteiger partial charge in [-0.3, -0.25) is 9.59 Å². The molecule has 0 saturated heterocycles. The van der Waals surface area contributed by atoms with Crippen LogP contribution in [0.3, 0.4) is 0 Å². The number of rotatable bonds is 4. The van der Waals surface area contributed by atoms with Crippen molar-refractivity contribution >= 4 is 33.5 Å². The summed E-state index contributed by atoms with van der Waals surface area (Å²) in [6, 6.07) is 9.49. The molecule has 0 radical (unpaired) electrons. The molecule has 100 valence electrons. The minimum Gasteiger partial charge on any atom is -0.469 e. The number of carbonyl (C=O) groups excluding carboxylic acids is 2. The second-order valence-corrected chi connectivity index (χ2v) is 4.78. The first-order chi connectivity index (χ1) is 9.20. The van der Waals surface area contributed by atoms with Crippen LogP contribution < -0.4 is 0 Å². The number of benzene rings is 1. The van der Waals surface area contributed by atoms with Crippen LogP contribution in [-0.2, 0) is 20.9 Å². The Hall–Kier alpha value is -1.69. The molecule has 1 aliphatic heterocycles. The second-order valence-electron chi connectivity index (χ2n) is 3.99. The van der Waals surface area contributed by atoms with E-state index in [4.69, 9.17) is 4.74 Å². The van der Waals surface area contributed by atoms with Crippen molar-refractivity contribution in [1.82, 2.24) is 5.01 Å². The molecular formula is C13H13BrN2O3. The van der Waals surface area contributed by atoms with E-state index in [2.05, 4.69) is 21.0 Å². The van der Waals surface area contributed by atoms with Crippen LogP contribution in [0.2, 0.25) is 0 Å². The van der Waals surface area contributed by atoms with Crippen LogP contribution in [0, 0.1) is 0 Å². The standard InChI is InChI=1S/C13H13BrN2O3/c14-6-7-16-12(18)8-11(17)13(15-16)19-9-10-4-2-1-3-5-10/h1-5H,6-9H2. The van der Waals surface area contributed by atoms with E-state index in [1.165, 1.54) is 5.01 Å². The van der Waals surface area contributed by atoms with E-state index in [0.29, 0.717) is 11.9 Å². The van der Waals surface area contributed by atoms with Crippen LogP contribution in [-0.4, -0.2) is 34.5 Å². The fourth-order valence-electron chi connectivity index (χ4n) is 1.62. The fourth-order valence-corrected chi connectivity index (χ4v) is 1.95. The van der Waals surface area contributed by atoms with E-state index in [1.807, 2.05) is 30.3 Å². The lowest BCUT2D eigenvalue weighted by Gasteiger charge is -2.21. The van der Waals surface area contributed by atoms with E-state index in [1.54, 1.807) is 0 Å². The average molecular weight is 325 g/mol. The number of nitrogens with zero attached hydrogens (tertiary/aromatic N) is 2. The van der Waals surface area contributed by atoms with Crippen LogP contribution in [0.25, 0.3) is 0 Å². The fraction of sp³-hybridized carbons (Fsp3) is 0.308. The first-order valence-electron chi connectivity index (χ1n) is 5.85. The summed E-state index contributed by atoms with van der Waals surface area (Å²) in [5.74, 6) is -0.660. The molecule has 5 nitrogen and oxygen atoms in total. The smallest absolute Gasteiger partial charge is 0.276 e. The zero-order chi connectivity index (χ0) is 13.7. The zero-order valence-electron chi connectivity index (χ0n) is 10.2. The predicted molar refractivity (Wildman–Crippen MR) is 73.8 cm³/mol. The van der Waals surface area contributed by atoms with Crippen molar-refractivity contribution in [3.63, 3.8) is 0 Å². The maximum atomic E-state index is 11.7. The highest BCUT2D eigenvalue weighted by molar-refractivity contribution is 9.09. The van der Waals surface area contributed by atoms with Gasteiger partial charge in [0, 0.05) is 5.33 Å². The molecule has 0 N–H and O–H groups in total. The molecule has 0 atom stereocenters. The summed E-state index contributed by atoms with van der Waals surface area (Å²) in [4.78, 5) is 23.2. The molecule has 0 saturated carbocycles. The summed E-state index contributed by atoms with van der Waals surface area (Å²) in [6.45, 7) is 0.687. The molecule has 19 heavy (non-hydrogen) atoms. The van der Waals surface area contributed by atoms with Gasteiger partial charge in [-0.1, -0.05) is 46.3 Å². The van der Waals surface area contributed by atoms with Gasteiger partial charge in [-0.25, -0.2) is 5.01 Å². The van der Waals surface area contributed by atoms with Gasteiger partial charge in [-0.2, -0.15) is 0 Å². The van der Waals surface area contributed by atoms with Crippen LogP contribution in [0.4, 0.5) is 0 Å². The number of carbonyl (C=O) groups is 2. The number of ether oxygens (including phenoxy) is 1. The normalized spacial score (nSPS) is 15.4. The molecule has 0 aromatic heterocycles. The molecule has 0 fully saturated rings. The number of hydrazone groups is 1.